The van der Waals surface area contributed by atoms with Gasteiger partial charge >= 0.3 is 0 Å². The first-order valence-corrected chi connectivity index (χ1v) is 9.85. The fraction of sp³-hybridized carbons (Fsp3) is 0.312. The summed E-state index contributed by atoms with van der Waals surface area (Å²) >= 11 is 3.29. The zero-order valence-corrected chi connectivity index (χ0v) is 15.4. The molecule has 0 saturated carbocycles. The van der Waals surface area contributed by atoms with E-state index in [1.165, 1.54) is 0 Å². The monoisotopic (exact) mass is 411 g/mol. The normalized spacial score (nSPS) is 15.5. The molecule has 1 saturated heterocycles. The minimum Gasteiger partial charge on any atom is -0.378 e. The Morgan fingerprint density at radius 1 is 1.12 bits per heavy atom. The molecular weight excluding hydrogens is 394 g/mol. The molecular formula is C16H18BrN3O3S. The number of aromatic nitrogens is 1. The van der Waals surface area contributed by atoms with Gasteiger partial charge in [0.15, 0.2) is 0 Å². The second-order valence-electron chi connectivity index (χ2n) is 5.40. The molecule has 0 amide bonds. The van der Waals surface area contributed by atoms with Crippen molar-refractivity contribution in [3.05, 3.63) is 52.6 Å². The van der Waals surface area contributed by atoms with Crippen LogP contribution in [0.2, 0.25) is 0 Å². The molecule has 0 unspecified atom stereocenters. The van der Waals surface area contributed by atoms with Gasteiger partial charge in [0.25, 0.3) is 0 Å². The smallest absolute Gasteiger partial charge is 0.240 e. The van der Waals surface area contributed by atoms with E-state index in [4.69, 9.17) is 4.74 Å². The highest BCUT2D eigenvalue weighted by molar-refractivity contribution is 9.10. The molecule has 0 bridgehead atoms. The van der Waals surface area contributed by atoms with Gasteiger partial charge in [-0.2, -0.15) is 0 Å². The van der Waals surface area contributed by atoms with Crippen molar-refractivity contribution >= 4 is 31.8 Å². The molecule has 0 atom stereocenters. The van der Waals surface area contributed by atoms with Crippen molar-refractivity contribution in [1.82, 2.24) is 9.71 Å². The number of nitrogens with one attached hydrogen (secondary N) is 1. The second-order valence-corrected chi connectivity index (χ2v) is 8.09. The third-order valence-electron chi connectivity index (χ3n) is 3.73. The van der Waals surface area contributed by atoms with Crippen LogP contribution in [0.5, 0.6) is 0 Å². The van der Waals surface area contributed by atoms with Gasteiger partial charge in [-0.15, -0.1) is 0 Å². The standard InChI is InChI=1S/C16H18BrN3O3S/c17-14-2-4-15(5-3-14)24(21,22)19-12-13-1-6-16(18-11-13)20-7-9-23-10-8-20/h1-6,11,19H,7-10,12H2. The predicted octanol–water partition coefficient (Wildman–Crippen LogP) is 2.16. The van der Waals surface area contributed by atoms with Crippen LogP contribution in [0.25, 0.3) is 0 Å². The summed E-state index contributed by atoms with van der Waals surface area (Å²) < 4.78 is 33.3. The lowest BCUT2D eigenvalue weighted by Crippen LogP contribution is -2.36. The maximum atomic E-state index is 12.3. The summed E-state index contributed by atoms with van der Waals surface area (Å²) in [7, 11) is -3.53. The van der Waals surface area contributed by atoms with E-state index in [9.17, 15) is 8.42 Å². The van der Waals surface area contributed by atoms with Gasteiger partial charge in [-0.1, -0.05) is 22.0 Å². The van der Waals surface area contributed by atoms with Crippen LogP contribution in [-0.4, -0.2) is 39.7 Å². The lowest BCUT2D eigenvalue weighted by molar-refractivity contribution is 0.122. The van der Waals surface area contributed by atoms with Crippen LogP contribution in [0.3, 0.4) is 0 Å². The number of morpholine rings is 1. The minimum atomic E-state index is -3.53. The van der Waals surface area contributed by atoms with Crippen LogP contribution >= 0.6 is 15.9 Å². The largest absolute Gasteiger partial charge is 0.378 e. The van der Waals surface area contributed by atoms with E-state index in [0.717, 1.165) is 28.9 Å². The van der Waals surface area contributed by atoms with E-state index < -0.39 is 10.0 Å². The highest BCUT2D eigenvalue weighted by Crippen LogP contribution is 2.16. The number of hydrogen-bond donors (Lipinski definition) is 1. The maximum absolute atomic E-state index is 12.3. The van der Waals surface area contributed by atoms with Crippen LogP contribution in [0, 0.1) is 0 Å². The quantitative estimate of drug-likeness (QED) is 0.815. The number of benzene rings is 1. The van der Waals surface area contributed by atoms with Crippen molar-refractivity contribution in [2.75, 3.05) is 31.2 Å². The zero-order chi connectivity index (χ0) is 17.0. The first-order valence-electron chi connectivity index (χ1n) is 7.57. The highest BCUT2D eigenvalue weighted by Gasteiger charge is 2.14. The van der Waals surface area contributed by atoms with Crippen molar-refractivity contribution in [3.8, 4) is 0 Å². The van der Waals surface area contributed by atoms with Crippen LogP contribution in [0.4, 0.5) is 5.82 Å². The lowest BCUT2D eigenvalue weighted by atomic mass is 10.3. The van der Waals surface area contributed by atoms with Crippen molar-refractivity contribution in [3.63, 3.8) is 0 Å². The van der Waals surface area contributed by atoms with E-state index in [1.807, 2.05) is 12.1 Å². The predicted molar refractivity (Wildman–Crippen MR) is 95.4 cm³/mol. The average Bonchev–Trinajstić information content (AvgIpc) is 2.62. The minimum absolute atomic E-state index is 0.203. The fourth-order valence-corrected chi connectivity index (χ4v) is 3.66. The molecule has 2 aromatic rings. The Morgan fingerprint density at radius 3 is 2.46 bits per heavy atom. The number of nitrogens with zero attached hydrogens (tertiary/aromatic N) is 2. The summed E-state index contributed by atoms with van der Waals surface area (Å²) in [6.45, 7) is 3.26. The van der Waals surface area contributed by atoms with Crippen LogP contribution in [0.15, 0.2) is 52.0 Å². The molecule has 1 aromatic heterocycles. The molecule has 6 nitrogen and oxygen atoms in total. The Labute approximate surface area is 150 Å². The highest BCUT2D eigenvalue weighted by atomic mass is 79.9. The number of hydrogen-bond acceptors (Lipinski definition) is 5. The van der Waals surface area contributed by atoms with E-state index in [1.54, 1.807) is 30.5 Å². The molecule has 0 spiro atoms. The summed E-state index contributed by atoms with van der Waals surface area (Å²) in [5, 5.41) is 0. The van der Waals surface area contributed by atoms with E-state index >= 15 is 0 Å². The second kappa shape index (κ2) is 7.60. The van der Waals surface area contributed by atoms with Crippen molar-refractivity contribution in [2.24, 2.45) is 0 Å². The van der Waals surface area contributed by atoms with Gasteiger partial charge in [0.2, 0.25) is 10.0 Å². The van der Waals surface area contributed by atoms with Gasteiger partial charge in [-0.05, 0) is 35.9 Å². The summed E-state index contributed by atoms with van der Waals surface area (Å²) in [5.74, 6) is 0.887. The van der Waals surface area contributed by atoms with E-state index in [-0.39, 0.29) is 11.4 Å². The molecule has 0 aliphatic carbocycles. The Hall–Kier alpha value is -1.48. The molecule has 24 heavy (non-hydrogen) atoms. The number of pyridine rings is 1. The number of ether oxygens (including phenoxy) is 1. The Kier molecular flexibility index (Phi) is 5.50. The van der Waals surface area contributed by atoms with Gasteiger partial charge in [0, 0.05) is 30.3 Å². The zero-order valence-electron chi connectivity index (χ0n) is 13.0. The molecule has 1 aromatic carbocycles. The molecule has 1 N–H and O–H groups in total. The summed E-state index contributed by atoms with van der Waals surface area (Å²) in [6.07, 6.45) is 1.70. The molecule has 3 rings (SSSR count). The molecule has 0 radical (unpaired) electrons. The van der Waals surface area contributed by atoms with Crippen molar-refractivity contribution < 1.29 is 13.2 Å². The number of sulfonamides is 1. The third-order valence-corrected chi connectivity index (χ3v) is 5.68. The molecule has 1 aliphatic heterocycles. The number of rotatable bonds is 5. The average molecular weight is 412 g/mol. The summed E-state index contributed by atoms with van der Waals surface area (Å²) in [5.41, 5.74) is 0.813. The maximum Gasteiger partial charge on any atom is 0.240 e. The number of halogens is 1. The fourth-order valence-electron chi connectivity index (χ4n) is 2.38. The summed E-state index contributed by atoms with van der Waals surface area (Å²) in [6, 6.07) is 10.3. The summed E-state index contributed by atoms with van der Waals surface area (Å²) in [4.78, 5) is 6.81. The lowest BCUT2D eigenvalue weighted by Gasteiger charge is -2.27. The van der Waals surface area contributed by atoms with Gasteiger partial charge < -0.3 is 9.64 Å². The van der Waals surface area contributed by atoms with E-state index in [0.29, 0.717) is 13.2 Å². The molecule has 8 heteroatoms. The van der Waals surface area contributed by atoms with Gasteiger partial charge in [-0.3, -0.25) is 0 Å². The third kappa shape index (κ3) is 4.32. The van der Waals surface area contributed by atoms with Gasteiger partial charge in [-0.25, -0.2) is 18.1 Å². The first kappa shape index (κ1) is 17.3. The molecule has 1 fully saturated rings. The van der Waals surface area contributed by atoms with Gasteiger partial charge in [0.1, 0.15) is 5.82 Å². The number of anilines is 1. The Bertz CT molecular complexity index is 773. The van der Waals surface area contributed by atoms with Crippen LogP contribution < -0.4 is 9.62 Å². The molecule has 128 valence electrons. The van der Waals surface area contributed by atoms with Crippen molar-refractivity contribution in [1.29, 1.82) is 0 Å². The van der Waals surface area contributed by atoms with Crippen LogP contribution in [0.1, 0.15) is 5.56 Å². The van der Waals surface area contributed by atoms with Gasteiger partial charge in [0.05, 0.1) is 18.1 Å². The molecule has 2 heterocycles. The van der Waals surface area contributed by atoms with Crippen LogP contribution in [-0.2, 0) is 21.3 Å². The Morgan fingerprint density at radius 2 is 1.83 bits per heavy atom. The topological polar surface area (TPSA) is 71.5 Å². The molecule has 1 aliphatic rings. The van der Waals surface area contributed by atoms with E-state index in [2.05, 4.69) is 30.5 Å². The SMILES string of the molecule is O=S(=O)(NCc1ccc(N2CCOCC2)nc1)c1ccc(Br)cc1. The first-order chi connectivity index (χ1) is 11.5. The van der Waals surface area contributed by atoms with Crippen molar-refractivity contribution in [2.45, 2.75) is 11.4 Å². The Balaban J connectivity index is 1.62.